The monoisotopic (exact) mass is 244 g/mol. The van der Waals surface area contributed by atoms with Crippen molar-refractivity contribution in [2.45, 2.75) is 44.6 Å². The van der Waals surface area contributed by atoms with E-state index < -0.39 is 24.3 Å². The van der Waals surface area contributed by atoms with Crippen LogP contribution in [0.4, 0.5) is 0 Å². The molecular formula is C11H16O6. The van der Waals surface area contributed by atoms with Crippen LogP contribution < -0.4 is 0 Å². The Kier molecular flexibility index (Phi) is 3.20. The lowest BCUT2D eigenvalue weighted by Crippen LogP contribution is -2.32. The predicted octanol–water partition coefficient (Wildman–Crippen LogP) is 0.241. The molecule has 0 aromatic rings. The maximum absolute atomic E-state index is 11.3. The number of aldehydes is 1. The fourth-order valence-electron chi connectivity index (χ4n) is 2.24. The summed E-state index contributed by atoms with van der Waals surface area (Å²) in [7, 11) is 1.31. The van der Waals surface area contributed by atoms with Crippen molar-refractivity contribution in [3.8, 4) is 0 Å². The molecule has 0 aromatic heterocycles. The van der Waals surface area contributed by atoms with Gasteiger partial charge in [-0.15, -0.1) is 0 Å². The molecule has 0 aliphatic carbocycles. The number of hydrogen-bond acceptors (Lipinski definition) is 6. The second-order valence-electron chi connectivity index (χ2n) is 4.65. The Morgan fingerprint density at radius 1 is 1.41 bits per heavy atom. The maximum Gasteiger partial charge on any atom is 0.306 e. The fourth-order valence-corrected chi connectivity index (χ4v) is 2.24. The van der Waals surface area contributed by atoms with Gasteiger partial charge in [-0.05, 0) is 13.8 Å². The molecule has 96 valence electrons. The molecule has 2 fully saturated rings. The summed E-state index contributed by atoms with van der Waals surface area (Å²) in [5.74, 6) is -1.50. The van der Waals surface area contributed by atoms with Gasteiger partial charge in [-0.3, -0.25) is 4.79 Å². The first-order valence-electron chi connectivity index (χ1n) is 5.50. The number of carbonyl (C=O) groups excluding carboxylic acids is 2. The molecule has 6 heteroatoms. The zero-order valence-corrected chi connectivity index (χ0v) is 10.0. The van der Waals surface area contributed by atoms with E-state index in [0.29, 0.717) is 6.29 Å². The molecule has 0 saturated carbocycles. The van der Waals surface area contributed by atoms with Crippen molar-refractivity contribution >= 4 is 12.3 Å². The van der Waals surface area contributed by atoms with Crippen molar-refractivity contribution in [2.75, 3.05) is 7.11 Å². The number of rotatable bonds is 3. The molecule has 0 amide bonds. The lowest BCUT2D eigenvalue weighted by atomic mass is 9.95. The number of fused-ring (bicyclic) bond motifs is 1. The van der Waals surface area contributed by atoms with Crippen LogP contribution in [-0.4, -0.2) is 43.7 Å². The van der Waals surface area contributed by atoms with Crippen LogP contribution in [0, 0.1) is 5.92 Å². The molecule has 0 N–H and O–H groups in total. The van der Waals surface area contributed by atoms with Gasteiger partial charge in [-0.25, -0.2) is 0 Å². The van der Waals surface area contributed by atoms with E-state index in [1.54, 1.807) is 13.8 Å². The van der Waals surface area contributed by atoms with Gasteiger partial charge in [0.1, 0.15) is 18.5 Å². The third-order valence-electron chi connectivity index (χ3n) is 2.99. The predicted molar refractivity (Wildman–Crippen MR) is 54.9 cm³/mol. The van der Waals surface area contributed by atoms with Gasteiger partial charge in [0, 0.05) is 5.92 Å². The average molecular weight is 244 g/mol. The summed E-state index contributed by atoms with van der Waals surface area (Å²) in [5, 5.41) is 0. The van der Waals surface area contributed by atoms with Crippen molar-refractivity contribution in [3.63, 3.8) is 0 Å². The van der Waals surface area contributed by atoms with Crippen molar-refractivity contribution in [1.82, 2.24) is 0 Å². The van der Waals surface area contributed by atoms with Crippen LogP contribution in [0.15, 0.2) is 0 Å². The van der Waals surface area contributed by atoms with Gasteiger partial charge in [0.25, 0.3) is 0 Å². The first-order valence-corrected chi connectivity index (χ1v) is 5.50. The van der Waals surface area contributed by atoms with Crippen molar-refractivity contribution in [1.29, 1.82) is 0 Å². The Labute approximate surface area is 99.2 Å². The highest BCUT2D eigenvalue weighted by molar-refractivity contribution is 5.71. The normalized spacial score (nSPS) is 38.8. The Balaban J connectivity index is 2.10. The zero-order valence-electron chi connectivity index (χ0n) is 10.0. The maximum atomic E-state index is 11.3. The molecule has 2 heterocycles. The summed E-state index contributed by atoms with van der Waals surface area (Å²) in [6.45, 7) is 3.53. The smallest absolute Gasteiger partial charge is 0.306 e. The van der Waals surface area contributed by atoms with Gasteiger partial charge in [0.15, 0.2) is 12.1 Å². The van der Waals surface area contributed by atoms with Gasteiger partial charge in [0.05, 0.1) is 13.5 Å². The molecule has 2 rings (SSSR count). The Morgan fingerprint density at radius 2 is 2.12 bits per heavy atom. The van der Waals surface area contributed by atoms with Crippen LogP contribution >= 0.6 is 0 Å². The van der Waals surface area contributed by atoms with Gasteiger partial charge in [-0.1, -0.05) is 0 Å². The summed E-state index contributed by atoms with van der Waals surface area (Å²) in [6.07, 6.45) is -0.916. The first kappa shape index (κ1) is 12.5. The van der Waals surface area contributed by atoms with E-state index in [1.807, 2.05) is 0 Å². The highest BCUT2D eigenvalue weighted by Gasteiger charge is 2.55. The second-order valence-corrected chi connectivity index (χ2v) is 4.65. The molecule has 6 nitrogen and oxygen atoms in total. The van der Waals surface area contributed by atoms with Gasteiger partial charge >= 0.3 is 5.97 Å². The topological polar surface area (TPSA) is 71.1 Å². The van der Waals surface area contributed by atoms with E-state index in [0.717, 1.165) is 0 Å². The summed E-state index contributed by atoms with van der Waals surface area (Å²) < 4.78 is 21.1. The average Bonchev–Trinajstić information content (AvgIpc) is 2.72. The lowest BCUT2D eigenvalue weighted by molar-refractivity contribution is -0.208. The van der Waals surface area contributed by atoms with Crippen molar-refractivity contribution in [2.24, 2.45) is 5.92 Å². The number of esters is 1. The molecule has 2 aliphatic rings. The van der Waals surface area contributed by atoms with E-state index >= 15 is 0 Å². The lowest BCUT2D eigenvalue weighted by Gasteiger charge is -2.22. The third-order valence-corrected chi connectivity index (χ3v) is 2.99. The van der Waals surface area contributed by atoms with E-state index in [1.165, 1.54) is 7.11 Å². The van der Waals surface area contributed by atoms with Crippen molar-refractivity contribution < 1.29 is 28.5 Å². The zero-order chi connectivity index (χ0) is 12.6. The summed E-state index contributed by atoms with van der Waals surface area (Å²) in [6, 6.07) is 0. The minimum absolute atomic E-state index is 0.0838. The molecule has 4 atom stereocenters. The number of hydrogen-bond donors (Lipinski definition) is 0. The minimum atomic E-state index is -0.752. The van der Waals surface area contributed by atoms with Crippen LogP contribution in [0.3, 0.4) is 0 Å². The molecule has 0 spiro atoms. The van der Waals surface area contributed by atoms with Gasteiger partial charge < -0.3 is 23.7 Å². The molecule has 0 bridgehead atoms. The van der Waals surface area contributed by atoms with E-state index in [-0.39, 0.29) is 18.3 Å². The van der Waals surface area contributed by atoms with E-state index in [9.17, 15) is 9.59 Å². The van der Waals surface area contributed by atoms with Crippen molar-refractivity contribution in [3.05, 3.63) is 0 Å². The number of methoxy groups -OCH3 is 1. The van der Waals surface area contributed by atoms with Crippen LogP contribution in [-0.2, 0) is 28.5 Å². The van der Waals surface area contributed by atoms with E-state index in [4.69, 9.17) is 14.2 Å². The number of ether oxygens (including phenoxy) is 4. The SMILES string of the molecule is COC(=O)CC1[C@H]2OC(C)(C)O[C@H]2O[C@@H]1C=O. The summed E-state index contributed by atoms with van der Waals surface area (Å²) in [4.78, 5) is 22.2. The molecule has 1 unspecified atom stereocenters. The first-order chi connectivity index (χ1) is 7.96. The Morgan fingerprint density at radius 3 is 2.71 bits per heavy atom. The Hall–Kier alpha value is -0.980. The highest BCUT2D eigenvalue weighted by atomic mass is 16.8. The quantitative estimate of drug-likeness (QED) is 0.523. The molecule has 17 heavy (non-hydrogen) atoms. The van der Waals surface area contributed by atoms with Gasteiger partial charge in [0.2, 0.25) is 0 Å². The van der Waals surface area contributed by atoms with Crippen LogP contribution in [0.5, 0.6) is 0 Å². The number of carbonyl (C=O) groups is 2. The molecule has 2 aliphatic heterocycles. The molecule has 2 saturated heterocycles. The van der Waals surface area contributed by atoms with Crippen LogP contribution in [0.1, 0.15) is 20.3 Å². The largest absolute Gasteiger partial charge is 0.469 e. The standard InChI is InChI=1S/C11H16O6/c1-11(2)16-9-6(4-8(13)14-3)7(5-12)15-10(9)17-11/h5-7,9-10H,4H2,1-3H3/t6?,7-,9-,10-/m1/s1. The van der Waals surface area contributed by atoms with E-state index in [2.05, 4.69) is 4.74 Å². The minimum Gasteiger partial charge on any atom is -0.469 e. The van der Waals surface area contributed by atoms with Gasteiger partial charge in [-0.2, -0.15) is 0 Å². The molecular weight excluding hydrogens is 228 g/mol. The second kappa shape index (κ2) is 4.36. The molecule has 0 aromatic carbocycles. The fraction of sp³-hybridized carbons (Fsp3) is 0.818. The third kappa shape index (κ3) is 2.34. The Bertz CT molecular complexity index is 326. The summed E-state index contributed by atoms with van der Waals surface area (Å²) in [5.41, 5.74) is 0. The van der Waals surface area contributed by atoms with Crippen LogP contribution in [0.25, 0.3) is 0 Å². The van der Waals surface area contributed by atoms with Crippen LogP contribution in [0.2, 0.25) is 0 Å². The highest BCUT2D eigenvalue weighted by Crippen LogP contribution is 2.41. The summed E-state index contributed by atoms with van der Waals surface area (Å²) >= 11 is 0. The molecule has 0 radical (unpaired) electrons.